The Hall–Kier alpha value is -1.94. The Labute approximate surface area is 116 Å². The number of nitrogen functional groups attached to an aromatic ring is 1. The van der Waals surface area contributed by atoms with Crippen LogP contribution in [0, 0.1) is 0 Å². The van der Waals surface area contributed by atoms with Crippen LogP contribution in [0.3, 0.4) is 0 Å². The van der Waals surface area contributed by atoms with E-state index in [1.807, 2.05) is 43.4 Å². The Balaban J connectivity index is 1.86. The minimum absolute atomic E-state index is 0.837. The van der Waals surface area contributed by atoms with Gasteiger partial charge in [0.1, 0.15) is 0 Å². The summed E-state index contributed by atoms with van der Waals surface area (Å²) in [6.45, 7) is 0. The van der Waals surface area contributed by atoms with Gasteiger partial charge < -0.3 is 10.3 Å². The molecule has 3 rings (SSSR count). The number of hydrogen-bond acceptors (Lipinski definition) is 3. The summed E-state index contributed by atoms with van der Waals surface area (Å²) in [5.41, 5.74) is 10.1. The maximum absolute atomic E-state index is 5.96. The van der Waals surface area contributed by atoms with Gasteiger partial charge in [-0.25, -0.2) is 4.98 Å². The van der Waals surface area contributed by atoms with E-state index < -0.39 is 0 Å². The van der Waals surface area contributed by atoms with Crippen LogP contribution in [0.4, 0.5) is 5.69 Å². The topological polar surface area (TPSA) is 43.8 Å². The Morgan fingerprint density at radius 1 is 1.11 bits per heavy atom. The Kier molecular flexibility index (Phi) is 3.17. The van der Waals surface area contributed by atoms with Gasteiger partial charge >= 0.3 is 0 Å². The number of benzene rings is 2. The number of aryl methyl sites for hydroxylation is 1. The lowest BCUT2D eigenvalue weighted by Gasteiger charge is -2.05. The second kappa shape index (κ2) is 4.97. The average Bonchev–Trinajstić information content (AvgIpc) is 2.75. The Bertz CT molecular complexity index is 718. The van der Waals surface area contributed by atoms with Crippen LogP contribution in [-0.2, 0) is 12.8 Å². The number of aromatic nitrogens is 2. The molecule has 1 aromatic heterocycles. The highest BCUT2D eigenvalue weighted by molar-refractivity contribution is 7.98. The van der Waals surface area contributed by atoms with Crippen LogP contribution in [0.15, 0.2) is 53.7 Å². The summed E-state index contributed by atoms with van der Waals surface area (Å²) in [7, 11) is 2.05. The van der Waals surface area contributed by atoms with E-state index in [4.69, 9.17) is 5.73 Å². The molecule has 2 N–H and O–H groups in total. The Morgan fingerprint density at radius 2 is 1.84 bits per heavy atom. The van der Waals surface area contributed by atoms with Crippen molar-refractivity contribution < 1.29 is 0 Å². The summed E-state index contributed by atoms with van der Waals surface area (Å²) in [5, 5.41) is 1.02. The first kappa shape index (κ1) is 12.1. The van der Waals surface area contributed by atoms with E-state index in [9.17, 15) is 0 Å². The molecule has 1 heterocycles. The molecule has 2 aromatic carbocycles. The SMILES string of the molecule is Cn1c(SCc2ccccc2N)nc2ccccc21. The molecular weight excluding hydrogens is 254 g/mol. The highest BCUT2D eigenvalue weighted by atomic mass is 32.2. The van der Waals surface area contributed by atoms with Crippen LogP contribution in [0.1, 0.15) is 5.56 Å². The molecule has 0 saturated heterocycles. The first-order valence-electron chi connectivity index (χ1n) is 6.13. The van der Waals surface area contributed by atoms with Gasteiger partial charge in [-0.1, -0.05) is 42.1 Å². The van der Waals surface area contributed by atoms with E-state index in [1.54, 1.807) is 11.8 Å². The number of thioether (sulfide) groups is 1. The van der Waals surface area contributed by atoms with E-state index in [0.29, 0.717) is 0 Å². The van der Waals surface area contributed by atoms with E-state index in [1.165, 1.54) is 0 Å². The monoisotopic (exact) mass is 269 g/mol. The number of imidazole rings is 1. The summed E-state index contributed by atoms with van der Waals surface area (Å²) >= 11 is 1.71. The minimum Gasteiger partial charge on any atom is -0.398 e. The maximum atomic E-state index is 5.96. The van der Waals surface area contributed by atoms with Crippen LogP contribution >= 0.6 is 11.8 Å². The molecule has 0 radical (unpaired) electrons. The van der Waals surface area contributed by atoms with Gasteiger partial charge in [-0.15, -0.1) is 0 Å². The largest absolute Gasteiger partial charge is 0.398 e. The first-order valence-corrected chi connectivity index (χ1v) is 7.12. The lowest BCUT2D eigenvalue weighted by molar-refractivity contribution is 0.815. The second-order valence-electron chi connectivity index (χ2n) is 4.43. The molecule has 0 atom stereocenters. The van der Waals surface area contributed by atoms with Crippen molar-refractivity contribution in [3.8, 4) is 0 Å². The minimum atomic E-state index is 0.837. The third-order valence-electron chi connectivity index (χ3n) is 3.16. The van der Waals surface area contributed by atoms with Crippen LogP contribution in [0.5, 0.6) is 0 Å². The zero-order valence-corrected chi connectivity index (χ0v) is 11.5. The van der Waals surface area contributed by atoms with E-state index in [-0.39, 0.29) is 0 Å². The van der Waals surface area contributed by atoms with E-state index >= 15 is 0 Å². The van der Waals surface area contributed by atoms with Crippen molar-refractivity contribution in [2.45, 2.75) is 10.9 Å². The lowest BCUT2D eigenvalue weighted by Crippen LogP contribution is -1.94. The molecule has 19 heavy (non-hydrogen) atoms. The quantitative estimate of drug-likeness (QED) is 0.585. The van der Waals surface area contributed by atoms with Crippen molar-refractivity contribution in [2.24, 2.45) is 7.05 Å². The number of para-hydroxylation sites is 3. The zero-order chi connectivity index (χ0) is 13.2. The first-order chi connectivity index (χ1) is 9.25. The van der Waals surface area contributed by atoms with Gasteiger partial charge in [0.2, 0.25) is 0 Å². The van der Waals surface area contributed by atoms with Crippen LogP contribution in [0.2, 0.25) is 0 Å². The fraction of sp³-hybridized carbons (Fsp3) is 0.133. The molecule has 3 nitrogen and oxygen atoms in total. The number of fused-ring (bicyclic) bond motifs is 1. The van der Waals surface area contributed by atoms with Gasteiger partial charge in [0.25, 0.3) is 0 Å². The molecule has 0 bridgehead atoms. The van der Waals surface area contributed by atoms with Crippen molar-refractivity contribution in [2.75, 3.05) is 5.73 Å². The number of nitrogens with zero attached hydrogens (tertiary/aromatic N) is 2. The number of anilines is 1. The summed E-state index contributed by atoms with van der Waals surface area (Å²) in [6.07, 6.45) is 0. The maximum Gasteiger partial charge on any atom is 0.169 e. The molecule has 0 fully saturated rings. The summed E-state index contributed by atoms with van der Waals surface area (Å²) < 4.78 is 2.12. The van der Waals surface area contributed by atoms with Gasteiger partial charge in [0, 0.05) is 18.5 Å². The third kappa shape index (κ3) is 2.31. The fourth-order valence-corrected chi connectivity index (χ4v) is 3.06. The predicted molar refractivity (Wildman–Crippen MR) is 81.1 cm³/mol. The highest BCUT2D eigenvalue weighted by Gasteiger charge is 2.08. The third-order valence-corrected chi connectivity index (χ3v) is 4.24. The molecule has 0 aliphatic carbocycles. The molecule has 0 unspecified atom stereocenters. The van der Waals surface area contributed by atoms with E-state index in [0.717, 1.165) is 33.2 Å². The molecule has 4 heteroatoms. The standard InChI is InChI=1S/C15H15N3S/c1-18-14-9-5-4-8-13(14)17-15(18)19-10-11-6-2-3-7-12(11)16/h2-9H,10,16H2,1H3. The highest BCUT2D eigenvalue weighted by Crippen LogP contribution is 2.27. The molecule has 0 amide bonds. The van der Waals surface area contributed by atoms with Gasteiger partial charge in [-0.3, -0.25) is 0 Å². The van der Waals surface area contributed by atoms with Crippen LogP contribution < -0.4 is 5.73 Å². The van der Waals surface area contributed by atoms with Gasteiger partial charge in [-0.2, -0.15) is 0 Å². The van der Waals surface area contributed by atoms with Crippen molar-refractivity contribution in [1.29, 1.82) is 0 Å². The molecule has 3 aromatic rings. The van der Waals surface area contributed by atoms with Gasteiger partial charge in [-0.05, 0) is 23.8 Å². The fourth-order valence-electron chi connectivity index (χ4n) is 2.06. The molecule has 0 spiro atoms. The van der Waals surface area contributed by atoms with Crippen molar-refractivity contribution >= 4 is 28.5 Å². The van der Waals surface area contributed by atoms with Crippen molar-refractivity contribution in [1.82, 2.24) is 9.55 Å². The van der Waals surface area contributed by atoms with Gasteiger partial charge in [0.05, 0.1) is 11.0 Å². The second-order valence-corrected chi connectivity index (χ2v) is 5.37. The van der Waals surface area contributed by atoms with Crippen molar-refractivity contribution in [3.05, 3.63) is 54.1 Å². The normalized spacial score (nSPS) is 11.0. The summed E-state index contributed by atoms with van der Waals surface area (Å²) in [4.78, 5) is 4.64. The molecule has 0 saturated carbocycles. The smallest absolute Gasteiger partial charge is 0.169 e. The summed E-state index contributed by atoms with van der Waals surface area (Å²) in [6, 6.07) is 16.1. The number of rotatable bonds is 3. The molecule has 96 valence electrons. The average molecular weight is 269 g/mol. The summed E-state index contributed by atoms with van der Waals surface area (Å²) in [5.74, 6) is 0.837. The molecule has 0 aliphatic heterocycles. The number of nitrogens with two attached hydrogens (primary N) is 1. The predicted octanol–water partition coefficient (Wildman–Crippen LogP) is 3.45. The molecule has 0 aliphatic rings. The zero-order valence-electron chi connectivity index (χ0n) is 10.7. The van der Waals surface area contributed by atoms with Crippen LogP contribution in [-0.4, -0.2) is 9.55 Å². The van der Waals surface area contributed by atoms with E-state index in [2.05, 4.69) is 21.7 Å². The lowest BCUT2D eigenvalue weighted by atomic mass is 10.2. The van der Waals surface area contributed by atoms with Crippen LogP contribution in [0.25, 0.3) is 11.0 Å². The Morgan fingerprint density at radius 3 is 2.63 bits per heavy atom. The van der Waals surface area contributed by atoms with Gasteiger partial charge in [0.15, 0.2) is 5.16 Å². The van der Waals surface area contributed by atoms with Crippen molar-refractivity contribution in [3.63, 3.8) is 0 Å². The molecular formula is C15H15N3S. The number of hydrogen-bond donors (Lipinski definition) is 1.